The van der Waals surface area contributed by atoms with Crippen molar-refractivity contribution in [1.29, 1.82) is 0 Å². The van der Waals surface area contributed by atoms with Crippen molar-refractivity contribution in [3.8, 4) is 0 Å². The predicted octanol–water partition coefficient (Wildman–Crippen LogP) is 0.568. The summed E-state index contributed by atoms with van der Waals surface area (Å²) in [5.41, 5.74) is 0. The molecule has 1 aliphatic heterocycles. The van der Waals surface area contributed by atoms with Crippen molar-refractivity contribution in [3.05, 3.63) is 0 Å². The molecule has 0 bridgehead atoms. The molecular weight excluding hydrogens is 92.1 g/mol. The lowest BCUT2D eigenvalue weighted by atomic mass is 10.0. The van der Waals surface area contributed by atoms with Crippen molar-refractivity contribution < 1.29 is 9.53 Å². The van der Waals surface area contributed by atoms with Crippen LogP contribution in [0.15, 0.2) is 0 Å². The Hall–Kier alpha value is -0.530. The summed E-state index contributed by atoms with van der Waals surface area (Å²) in [6.07, 6.45) is 0.160. The second-order valence-corrected chi connectivity index (χ2v) is 1.93. The maximum absolute atomic E-state index is 10.2. The Morgan fingerprint density at radius 3 is 2.14 bits per heavy atom. The zero-order valence-electron chi connectivity index (χ0n) is 4.47. The van der Waals surface area contributed by atoms with E-state index in [9.17, 15) is 4.79 Å². The summed E-state index contributed by atoms with van der Waals surface area (Å²) in [7, 11) is 0. The van der Waals surface area contributed by atoms with Crippen molar-refractivity contribution >= 4 is 5.97 Å². The fraction of sp³-hybridized carbons (Fsp3) is 0.800. The third-order valence-corrected chi connectivity index (χ3v) is 1.38. The van der Waals surface area contributed by atoms with Crippen LogP contribution in [0.3, 0.4) is 0 Å². The van der Waals surface area contributed by atoms with Crippen LogP contribution in [0.25, 0.3) is 0 Å². The SMILES string of the molecule is CC1OC(=O)[C@H]1C. The molecule has 0 aromatic heterocycles. The van der Waals surface area contributed by atoms with Crippen LogP contribution in [0.5, 0.6) is 0 Å². The van der Waals surface area contributed by atoms with E-state index in [1.165, 1.54) is 0 Å². The van der Waals surface area contributed by atoms with E-state index in [1.807, 2.05) is 13.8 Å². The van der Waals surface area contributed by atoms with Gasteiger partial charge in [-0.1, -0.05) is 0 Å². The van der Waals surface area contributed by atoms with Gasteiger partial charge in [0.05, 0.1) is 5.92 Å². The maximum Gasteiger partial charge on any atom is 0.312 e. The molecular formula is C5H8O2. The van der Waals surface area contributed by atoms with E-state index in [-0.39, 0.29) is 18.0 Å². The van der Waals surface area contributed by atoms with Gasteiger partial charge in [0.25, 0.3) is 0 Å². The second-order valence-electron chi connectivity index (χ2n) is 1.93. The average Bonchev–Trinajstić information content (AvgIpc) is 1.68. The molecule has 1 fully saturated rings. The number of cyclic esters (lactones) is 1. The van der Waals surface area contributed by atoms with Gasteiger partial charge in [-0.25, -0.2) is 0 Å². The van der Waals surface area contributed by atoms with Crippen LogP contribution in [0.4, 0.5) is 0 Å². The maximum atomic E-state index is 10.2. The first-order chi connectivity index (χ1) is 3.22. The van der Waals surface area contributed by atoms with Gasteiger partial charge in [-0.3, -0.25) is 4.79 Å². The summed E-state index contributed by atoms with van der Waals surface area (Å²) >= 11 is 0. The first kappa shape index (κ1) is 4.62. The Morgan fingerprint density at radius 2 is 2.14 bits per heavy atom. The Balaban J connectivity index is 2.43. The van der Waals surface area contributed by atoms with E-state index in [1.54, 1.807) is 0 Å². The Kier molecular flexibility index (Phi) is 0.805. The Morgan fingerprint density at radius 1 is 1.57 bits per heavy atom. The summed E-state index contributed by atoms with van der Waals surface area (Å²) in [6, 6.07) is 0. The van der Waals surface area contributed by atoms with E-state index in [0.717, 1.165) is 0 Å². The summed E-state index contributed by atoms with van der Waals surface area (Å²) in [4.78, 5) is 10.2. The fourth-order valence-electron chi connectivity index (χ4n) is 0.512. The average molecular weight is 100 g/mol. The highest BCUT2D eigenvalue weighted by Gasteiger charge is 2.34. The molecule has 1 heterocycles. The zero-order chi connectivity index (χ0) is 5.44. The van der Waals surface area contributed by atoms with Gasteiger partial charge in [0.1, 0.15) is 6.10 Å². The molecule has 1 saturated heterocycles. The molecule has 40 valence electrons. The minimum atomic E-state index is -0.0625. The van der Waals surface area contributed by atoms with E-state index in [0.29, 0.717) is 0 Å². The molecule has 1 aliphatic rings. The van der Waals surface area contributed by atoms with Crippen molar-refractivity contribution in [1.82, 2.24) is 0 Å². The van der Waals surface area contributed by atoms with Gasteiger partial charge in [-0.2, -0.15) is 0 Å². The van der Waals surface area contributed by atoms with Gasteiger partial charge in [0.2, 0.25) is 0 Å². The smallest absolute Gasteiger partial charge is 0.312 e. The molecule has 2 nitrogen and oxygen atoms in total. The Labute approximate surface area is 42.5 Å². The van der Waals surface area contributed by atoms with Crippen LogP contribution >= 0.6 is 0 Å². The van der Waals surface area contributed by atoms with Crippen LogP contribution < -0.4 is 0 Å². The number of carbonyl (C=O) groups excluding carboxylic acids is 1. The standard InChI is InChI=1S/C5H8O2/c1-3-4(2)7-5(3)6/h3-4H,1-2H3/t3-,4?/m0/s1. The lowest BCUT2D eigenvalue weighted by Gasteiger charge is -2.28. The highest BCUT2D eigenvalue weighted by atomic mass is 16.6. The summed E-state index contributed by atoms with van der Waals surface area (Å²) in [5.74, 6) is 0.0764. The number of hydrogen-bond acceptors (Lipinski definition) is 2. The van der Waals surface area contributed by atoms with Gasteiger partial charge < -0.3 is 4.74 Å². The molecule has 0 saturated carbocycles. The lowest BCUT2D eigenvalue weighted by Crippen LogP contribution is -2.40. The van der Waals surface area contributed by atoms with Gasteiger partial charge in [-0.15, -0.1) is 0 Å². The highest BCUT2D eigenvalue weighted by Crippen LogP contribution is 2.19. The summed E-state index contributed by atoms with van der Waals surface area (Å²) in [5, 5.41) is 0. The topological polar surface area (TPSA) is 26.3 Å². The fourth-order valence-corrected chi connectivity index (χ4v) is 0.512. The molecule has 1 unspecified atom stereocenters. The van der Waals surface area contributed by atoms with E-state index >= 15 is 0 Å². The van der Waals surface area contributed by atoms with Crippen LogP contribution in [0, 0.1) is 5.92 Å². The van der Waals surface area contributed by atoms with Gasteiger partial charge in [0, 0.05) is 0 Å². The van der Waals surface area contributed by atoms with E-state index in [2.05, 4.69) is 4.74 Å². The number of rotatable bonds is 0. The monoisotopic (exact) mass is 100 g/mol. The van der Waals surface area contributed by atoms with Crippen molar-refractivity contribution in [2.75, 3.05) is 0 Å². The quantitative estimate of drug-likeness (QED) is 0.416. The van der Waals surface area contributed by atoms with Crippen molar-refractivity contribution in [3.63, 3.8) is 0 Å². The molecule has 1 rings (SSSR count). The molecule has 0 aromatic rings. The second kappa shape index (κ2) is 1.22. The Bertz CT molecular complexity index is 98.3. The van der Waals surface area contributed by atoms with Gasteiger partial charge >= 0.3 is 5.97 Å². The molecule has 7 heavy (non-hydrogen) atoms. The summed E-state index contributed by atoms with van der Waals surface area (Å²) < 4.78 is 4.61. The van der Waals surface area contributed by atoms with Crippen LogP contribution in [0.2, 0.25) is 0 Å². The van der Waals surface area contributed by atoms with Gasteiger partial charge in [-0.05, 0) is 13.8 Å². The molecule has 0 radical (unpaired) electrons. The normalized spacial score (nSPS) is 39.4. The molecule has 2 heteroatoms. The van der Waals surface area contributed by atoms with E-state index < -0.39 is 0 Å². The van der Waals surface area contributed by atoms with Crippen LogP contribution in [0.1, 0.15) is 13.8 Å². The third-order valence-electron chi connectivity index (χ3n) is 1.38. The van der Waals surface area contributed by atoms with Crippen molar-refractivity contribution in [2.45, 2.75) is 20.0 Å². The minimum absolute atomic E-state index is 0.0625. The predicted molar refractivity (Wildman–Crippen MR) is 24.7 cm³/mol. The third kappa shape index (κ3) is 0.501. The molecule has 0 N–H and O–H groups in total. The molecule has 0 aliphatic carbocycles. The molecule has 2 atom stereocenters. The first-order valence-corrected chi connectivity index (χ1v) is 2.42. The minimum Gasteiger partial charge on any atom is -0.461 e. The molecule has 0 aromatic carbocycles. The largest absolute Gasteiger partial charge is 0.461 e. The van der Waals surface area contributed by atoms with Gasteiger partial charge in [0.15, 0.2) is 0 Å². The first-order valence-electron chi connectivity index (χ1n) is 2.42. The molecule has 0 spiro atoms. The van der Waals surface area contributed by atoms with Crippen molar-refractivity contribution in [2.24, 2.45) is 5.92 Å². The van der Waals surface area contributed by atoms with E-state index in [4.69, 9.17) is 0 Å². The number of esters is 1. The zero-order valence-corrected chi connectivity index (χ0v) is 4.47. The summed E-state index contributed by atoms with van der Waals surface area (Å²) in [6.45, 7) is 3.77. The molecule has 0 amide bonds. The number of carbonyl (C=O) groups is 1. The number of ether oxygens (including phenoxy) is 1. The van der Waals surface area contributed by atoms with Crippen LogP contribution in [-0.4, -0.2) is 12.1 Å². The number of hydrogen-bond donors (Lipinski definition) is 0. The highest BCUT2D eigenvalue weighted by molar-refractivity contribution is 5.77. The lowest BCUT2D eigenvalue weighted by molar-refractivity contribution is -0.179. The van der Waals surface area contributed by atoms with Crippen LogP contribution in [-0.2, 0) is 9.53 Å².